The predicted molar refractivity (Wildman–Crippen MR) is 110 cm³/mol. The Bertz CT molecular complexity index is 964. The highest BCUT2D eigenvalue weighted by molar-refractivity contribution is 6.05. The number of anilines is 1. The fraction of sp³-hybridized carbons (Fsp3) is 0.130. The Labute approximate surface area is 164 Å². The van der Waals surface area contributed by atoms with Crippen LogP contribution in [0.2, 0.25) is 0 Å². The number of hydrogen-bond acceptors (Lipinski definition) is 3. The third-order valence-electron chi connectivity index (χ3n) is 4.41. The molecule has 0 saturated heterocycles. The van der Waals surface area contributed by atoms with Crippen LogP contribution >= 0.6 is 0 Å². The summed E-state index contributed by atoms with van der Waals surface area (Å²) in [7, 11) is 1.61. The molecule has 0 spiro atoms. The van der Waals surface area contributed by atoms with Crippen LogP contribution in [0.3, 0.4) is 0 Å². The fourth-order valence-corrected chi connectivity index (χ4v) is 2.71. The number of hydrogen-bond donors (Lipinski definition) is 2. The molecule has 28 heavy (non-hydrogen) atoms. The predicted octanol–water partition coefficient (Wildman–Crippen LogP) is 4.19. The molecule has 0 radical (unpaired) electrons. The first-order valence-electron chi connectivity index (χ1n) is 8.95. The number of para-hydroxylation sites is 1. The van der Waals surface area contributed by atoms with Crippen LogP contribution in [0.15, 0.2) is 72.8 Å². The second-order valence-electron chi connectivity index (χ2n) is 6.38. The van der Waals surface area contributed by atoms with E-state index < -0.39 is 0 Å². The highest BCUT2D eigenvalue weighted by Crippen LogP contribution is 2.15. The van der Waals surface area contributed by atoms with Crippen LogP contribution in [0.5, 0.6) is 5.75 Å². The minimum absolute atomic E-state index is 0.193. The van der Waals surface area contributed by atoms with E-state index in [4.69, 9.17) is 4.74 Å². The van der Waals surface area contributed by atoms with Gasteiger partial charge in [-0.2, -0.15) is 0 Å². The molecule has 0 atom stereocenters. The minimum atomic E-state index is -0.209. The number of benzene rings is 3. The van der Waals surface area contributed by atoms with Gasteiger partial charge in [-0.25, -0.2) is 0 Å². The molecule has 0 aliphatic carbocycles. The van der Waals surface area contributed by atoms with Gasteiger partial charge >= 0.3 is 0 Å². The monoisotopic (exact) mass is 374 g/mol. The van der Waals surface area contributed by atoms with E-state index in [1.807, 2.05) is 55.5 Å². The van der Waals surface area contributed by atoms with Gasteiger partial charge in [0, 0.05) is 23.4 Å². The van der Waals surface area contributed by atoms with Gasteiger partial charge in [0.1, 0.15) is 5.75 Å². The van der Waals surface area contributed by atoms with Crippen molar-refractivity contribution in [1.29, 1.82) is 0 Å². The fourth-order valence-electron chi connectivity index (χ4n) is 2.71. The molecule has 5 heteroatoms. The number of methoxy groups -OCH3 is 1. The second-order valence-corrected chi connectivity index (χ2v) is 6.38. The molecule has 3 aromatic carbocycles. The number of carbonyl (C=O) groups excluding carboxylic acids is 2. The average Bonchev–Trinajstić information content (AvgIpc) is 2.74. The molecule has 0 heterocycles. The summed E-state index contributed by atoms with van der Waals surface area (Å²) in [5.41, 5.74) is 3.73. The van der Waals surface area contributed by atoms with Gasteiger partial charge in [0.25, 0.3) is 11.8 Å². The van der Waals surface area contributed by atoms with Crippen molar-refractivity contribution in [2.75, 3.05) is 12.4 Å². The van der Waals surface area contributed by atoms with E-state index in [0.29, 0.717) is 17.7 Å². The van der Waals surface area contributed by atoms with Crippen molar-refractivity contribution in [3.05, 3.63) is 95.1 Å². The van der Waals surface area contributed by atoms with Crippen LogP contribution in [-0.2, 0) is 6.54 Å². The van der Waals surface area contributed by atoms with Crippen molar-refractivity contribution in [1.82, 2.24) is 5.32 Å². The quantitative estimate of drug-likeness (QED) is 0.680. The molecule has 0 bridgehead atoms. The van der Waals surface area contributed by atoms with Crippen LogP contribution in [0.25, 0.3) is 0 Å². The van der Waals surface area contributed by atoms with E-state index in [1.54, 1.807) is 31.4 Å². The first-order chi connectivity index (χ1) is 13.6. The van der Waals surface area contributed by atoms with E-state index in [-0.39, 0.29) is 11.8 Å². The van der Waals surface area contributed by atoms with Gasteiger partial charge in [0.15, 0.2) is 0 Å². The highest BCUT2D eigenvalue weighted by atomic mass is 16.5. The lowest BCUT2D eigenvalue weighted by molar-refractivity contribution is 0.0949. The van der Waals surface area contributed by atoms with Crippen LogP contribution in [0, 0.1) is 6.92 Å². The highest BCUT2D eigenvalue weighted by Gasteiger charge is 2.10. The van der Waals surface area contributed by atoms with Crippen LogP contribution < -0.4 is 15.4 Å². The normalized spacial score (nSPS) is 10.2. The zero-order valence-corrected chi connectivity index (χ0v) is 15.9. The topological polar surface area (TPSA) is 67.4 Å². The van der Waals surface area contributed by atoms with Gasteiger partial charge in [-0.3, -0.25) is 9.59 Å². The summed E-state index contributed by atoms with van der Waals surface area (Å²) in [4.78, 5) is 24.7. The first kappa shape index (κ1) is 19.2. The maximum absolute atomic E-state index is 12.4. The Balaban J connectivity index is 1.59. The summed E-state index contributed by atoms with van der Waals surface area (Å²) >= 11 is 0. The number of ether oxygens (including phenoxy) is 1. The lowest BCUT2D eigenvalue weighted by Crippen LogP contribution is -2.23. The molecule has 0 aromatic heterocycles. The van der Waals surface area contributed by atoms with E-state index in [9.17, 15) is 9.59 Å². The van der Waals surface area contributed by atoms with Gasteiger partial charge in [0.05, 0.1) is 7.11 Å². The Hall–Kier alpha value is -3.60. The number of amides is 2. The SMILES string of the molecule is COc1ccc(CNC(=O)c2ccc(C(=O)Nc3ccccc3C)cc2)cc1. The molecule has 142 valence electrons. The van der Waals surface area contributed by atoms with Crippen molar-refractivity contribution in [3.8, 4) is 5.75 Å². The smallest absolute Gasteiger partial charge is 0.255 e. The molecule has 0 unspecified atom stereocenters. The lowest BCUT2D eigenvalue weighted by Gasteiger charge is -2.09. The van der Waals surface area contributed by atoms with E-state index >= 15 is 0 Å². The largest absolute Gasteiger partial charge is 0.497 e. The molecule has 0 fully saturated rings. The molecule has 3 rings (SSSR count). The van der Waals surface area contributed by atoms with E-state index in [1.165, 1.54) is 0 Å². The van der Waals surface area contributed by atoms with Gasteiger partial charge in [0.2, 0.25) is 0 Å². The van der Waals surface area contributed by atoms with E-state index in [2.05, 4.69) is 10.6 Å². The van der Waals surface area contributed by atoms with Crippen molar-refractivity contribution in [3.63, 3.8) is 0 Å². The lowest BCUT2D eigenvalue weighted by atomic mass is 10.1. The summed E-state index contributed by atoms with van der Waals surface area (Å²) in [5.74, 6) is 0.371. The van der Waals surface area contributed by atoms with Crippen molar-refractivity contribution in [2.24, 2.45) is 0 Å². The van der Waals surface area contributed by atoms with Gasteiger partial charge < -0.3 is 15.4 Å². The first-order valence-corrected chi connectivity index (χ1v) is 8.95. The molecule has 0 saturated carbocycles. The Morgan fingerprint density at radius 2 is 1.43 bits per heavy atom. The van der Waals surface area contributed by atoms with Gasteiger partial charge in [-0.15, -0.1) is 0 Å². The Kier molecular flexibility index (Phi) is 6.07. The van der Waals surface area contributed by atoms with Crippen LogP contribution in [0.4, 0.5) is 5.69 Å². The number of rotatable bonds is 6. The van der Waals surface area contributed by atoms with Crippen molar-refractivity contribution >= 4 is 17.5 Å². The molecule has 2 N–H and O–H groups in total. The zero-order valence-electron chi connectivity index (χ0n) is 15.9. The summed E-state index contributed by atoms with van der Waals surface area (Å²) in [6, 6.07) is 21.7. The van der Waals surface area contributed by atoms with Crippen LogP contribution in [0.1, 0.15) is 31.8 Å². The second kappa shape index (κ2) is 8.86. The summed E-state index contributed by atoms with van der Waals surface area (Å²) in [5, 5.41) is 5.75. The molecular formula is C23H22N2O3. The molecule has 0 aliphatic rings. The third-order valence-corrected chi connectivity index (χ3v) is 4.41. The summed E-state index contributed by atoms with van der Waals surface area (Å²) < 4.78 is 5.12. The van der Waals surface area contributed by atoms with E-state index in [0.717, 1.165) is 22.6 Å². The van der Waals surface area contributed by atoms with Crippen LogP contribution in [-0.4, -0.2) is 18.9 Å². The molecular weight excluding hydrogens is 352 g/mol. The number of aryl methyl sites for hydroxylation is 1. The number of carbonyl (C=O) groups is 2. The maximum Gasteiger partial charge on any atom is 0.255 e. The zero-order chi connectivity index (χ0) is 19.9. The molecule has 2 amide bonds. The molecule has 5 nitrogen and oxygen atoms in total. The Morgan fingerprint density at radius 1 is 0.821 bits per heavy atom. The summed E-state index contributed by atoms with van der Waals surface area (Å²) in [6.45, 7) is 2.35. The third kappa shape index (κ3) is 4.76. The summed E-state index contributed by atoms with van der Waals surface area (Å²) in [6.07, 6.45) is 0. The number of nitrogens with one attached hydrogen (secondary N) is 2. The average molecular weight is 374 g/mol. The van der Waals surface area contributed by atoms with Crippen molar-refractivity contribution < 1.29 is 14.3 Å². The maximum atomic E-state index is 12.4. The minimum Gasteiger partial charge on any atom is -0.497 e. The van der Waals surface area contributed by atoms with Crippen molar-refractivity contribution in [2.45, 2.75) is 13.5 Å². The van der Waals surface area contributed by atoms with Gasteiger partial charge in [-0.1, -0.05) is 30.3 Å². The Morgan fingerprint density at radius 3 is 2.04 bits per heavy atom. The standard InChI is InChI=1S/C23H22N2O3/c1-16-5-3-4-6-21(16)25-23(27)19-11-9-18(10-12-19)22(26)24-15-17-7-13-20(28-2)14-8-17/h3-14H,15H2,1-2H3,(H,24,26)(H,25,27). The molecule has 0 aliphatic heterocycles. The molecule has 3 aromatic rings. The van der Waals surface area contributed by atoms with Gasteiger partial charge in [-0.05, 0) is 60.5 Å².